The first-order valence-corrected chi connectivity index (χ1v) is 7.96. The molecule has 1 aliphatic heterocycles. The molecule has 92 valence electrons. The summed E-state index contributed by atoms with van der Waals surface area (Å²) in [6.07, 6.45) is 1.20. The van der Waals surface area contributed by atoms with Gasteiger partial charge in [0.15, 0.2) is 0 Å². The van der Waals surface area contributed by atoms with Gasteiger partial charge in [0.2, 0.25) is 0 Å². The number of alkyl halides is 1. The molecule has 1 rings (SSSR count). The van der Waals surface area contributed by atoms with Crippen molar-refractivity contribution in [2.75, 3.05) is 6.54 Å². The molecule has 0 N–H and O–H groups in total. The molecule has 2 atom stereocenters. The summed E-state index contributed by atoms with van der Waals surface area (Å²) in [5.74, 6) is 0. The summed E-state index contributed by atoms with van der Waals surface area (Å²) in [7, 11) is 0. The smallest absolute Gasteiger partial charge is 0.410 e. The van der Waals surface area contributed by atoms with Gasteiger partial charge in [-0.05, 0) is 27.2 Å². The van der Waals surface area contributed by atoms with Crippen molar-refractivity contribution in [1.29, 1.82) is 0 Å². The van der Waals surface area contributed by atoms with Crippen molar-refractivity contribution in [3.8, 4) is 0 Å². The highest BCUT2D eigenvalue weighted by molar-refractivity contribution is 14.2. The zero-order valence-electron chi connectivity index (χ0n) is 9.90. The zero-order chi connectivity index (χ0) is 12.3. The number of ether oxygens (including phenoxy) is 1. The largest absolute Gasteiger partial charge is 0.444 e. The highest BCUT2D eigenvalue weighted by atomic mass is 127. The molecule has 4 nitrogen and oxygen atoms in total. The maximum Gasteiger partial charge on any atom is 0.410 e. The summed E-state index contributed by atoms with van der Waals surface area (Å²) in [4.78, 5) is 24.3. The zero-order valence-corrected chi connectivity index (χ0v) is 12.1. The van der Waals surface area contributed by atoms with E-state index in [4.69, 9.17) is 4.74 Å². The van der Waals surface area contributed by atoms with Gasteiger partial charge in [0.1, 0.15) is 11.9 Å². The lowest BCUT2D eigenvalue weighted by Crippen LogP contribution is -2.40. The number of halogens is 1. The van der Waals surface area contributed by atoms with Crippen LogP contribution in [0.25, 0.3) is 0 Å². The van der Waals surface area contributed by atoms with Crippen molar-refractivity contribution < 1.29 is 14.3 Å². The van der Waals surface area contributed by atoms with E-state index in [1.807, 2.05) is 20.8 Å². The van der Waals surface area contributed by atoms with E-state index in [1.54, 1.807) is 0 Å². The van der Waals surface area contributed by atoms with Gasteiger partial charge in [-0.2, -0.15) is 0 Å². The molecule has 1 amide bonds. The summed E-state index contributed by atoms with van der Waals surface area (Å²) in [6.45, 7) is 6.09. The number of nitrogens with zero attached hydrogens (tertiary/aromatic N) is 1. The van der Waals surface area contributed by atoms with Crippen LogP contribution in [0.1, 0.15) is 27.2 Å². The first kappa shape index (κ1) is 13.6. The maximum absolute atomic E-state index is 11.8. The Morgan fingerprint density at radius 1 is 1.56 bits per heavy atom. The molecule has 0 aliphatic carbocycles. The average Bonchev–Trinajstić information content (AvgIpc) is 2.58. The van der Waals surface area contributed by atoms with Crippen LogP contribution in [-0.4, -0.2) is 43.9 Å². The normalized spacial score (nSPS) is 25.6. The van der Waals surface area contributed by atoms with Gasteiger partial charge in [0, 0.05) is 10.5 Å². The molecule has 0 aromatic carbocycles. The fourth-order valence-corrected chi connectivity index (χ4v) is 3.17. The predicted octanol–water partition coefficient (Wildman–Crippen LogP) is 1.97. The van der Waals surface area contributed by atoms with Crippen molar-refractivity contribution in [2.45, 2.75) is 42.8 Å². The highest BCUT2D eigenvalue weighted by Gasteiger charge is 2.36. The molecule has 0 radical (unpaired) electrons. The Hall–Kier alpha value is -0.460. The Morgan fingerprint density at radius 2 is 2.19 bits per heavy atom. The third-order valence-corrected chi connectivity index (χ3v) is 4.44. The fraction of sp³-hybridized carbons (Fsp3) is 0.727. The van der Waals surface area contributed by atoms with Crippen LogP contribution >= 0.6 is 20.7 Å². The van der Waals surface area contributed by atoms with Crippen molar-refractivity contribution in [3.05, 3.63) is 0 Å². The van der Waals surface area contributed by atoms with Crippen LogP contribution in [-0.2, 0) is 9.53 Å². The number of rotatable bonds is 2. The van der Waals surface area contributed by atoms with E-state index in [1.165, 1.54) is 4.90 Å². The quantitative estimate of drug-likeness (QED) is 0.439. The Balaban J connectivity index is 2.68. The Labute approximate surface area is 106 Å². The van der Waals surface area contributed by atoms with E-state index in [0.29, 0.717) is 10.5 Å². The van der Waals surface area contributed by atoms with Crippen LogP contribution in [0.2, 0.25) is 0 Å². The van der Waals surface area contributed by atoms with Gasteiger partial charge < -0.3 is 9.53 Å². The van der Waals surface area contributed by atoms with Gasteiger partial charge in [-0.1, -0.05) is 4.51 Å². The number of amides is 1. The van der Waals surface area contributed by atoms with E-state index in [2.05, 4.69) is 4.51 Å². The van der Waals surface area contributed by atoms with Crippen molar-refractivity contribution >= 4 is 37.6 Å². The third kappa shape index (κ3) is 3.54. The second-order valence-electron chi connectivity index (χ2n) is 4.82. The Morgan fingerprint density at radius 3 is 2.62 bits per heavy atom. The van der Waals surface area contributed by atoms with Crippen LogP contribution < -0.4 is 0 Å². The van der Waals surface area contributed by atoms with Gasteiger partial charge in [-0.3, -0.25) is 4.90 Å². The van der Waals surface area contributed by atoms with E-state index in [0.717, 1.165) is 12.7 Å². The van der Waals surface area contributed by atoms with Gasteiger partial charge in [-0.25, -0.2) is 4.79 Å². The summed E-state index contributed by atoms with van der Waals surface area (Å²) in [5.41, 5.74) is -0.512. The van der Waals surface area contributed by atoms with Crippen LogP contribution in [0, 0.1) is 0 Å². The van der Waals surface area contributed by atoms with Crippen molar-refractivity contribution in [1.82, 2.24) is 4.90 Å². The van der Waals surface area contributed by atoms with Crippen LogP contribution in [0.4, 0.5) is 4.79 Å². The molecule has 0 aromatic rings. The number of aldehydes is 1. The van der Waals surface area contributed by atoms with Crippen molar-refractivity contribution in [3.63, 3.8) is 0 Å². The third-order valence-electron chi connectivity index (χ3n) is 2.30. The van der Waals surface area contributed by atoms with Gasteiger partial charge in [0.25, 0.3) is 0 Å². The molecule has 0 aromatic heterocycles. The standard InChI is InChI=1S/C11H18INO3/c1-11(2,3)16-10(15)13-6-8(12-4)5-9(13)7-14/h7-9H,4-6H2,1-3H3/t8-,9+/m1/s1. The first-order chi connectivity index (χ1) is 7.37. The second-order valence-corrected chi connectivity index (χ2v) is 7.47. The first-order valence-electron chi connectivity index (χ1n) is 5.19. The molecule has 0 unspecified atom stereocenters. The molecule has 1 heterocycles. The van der Waals surface area contributed by atoms with Crippen molar-refractivity contribution in [2.24, 2.45) is 0 Å². The number of hydrogen-bond donors (Lipinski definition) is 0. The lowest BCUT2D eigenvalue weighted by Gasteiger charge is -2.26. The van der Waals surface area contributed by atoms with E-state index >= 15 is 0 Å². The average molecular weight is 339 g/mol. The molecule has 16 heavy (non-hydrogen) atoms. The molecular formula is C11H18INO3. The van der Waals surface area contributed by atoms with Crippen LogP contribution in [0.15, 0.2) is 0 Å². The summed E-state index contributed by atoms with van der Waals surface area (Å²) in [5, 5.41) is 0. The Kier molecular flexibility index (Phi) is 4.46. The SMILES string of the molecule is C=I[C@@H]1C[C@@H](C=O)N(C(=O)OC(C)(C)C)C1. The van der Waals surface area contributed by atoms with E-state index in [-0.39, 0.29) is 32.9 Å². The Bertz CT molecular complexity index is 298. The summed E-state index contributed by atoms with van der Waals surface area (Å²) < 4.78 is 9.60. The number of carbonyl (C=O) groups excluding carboxylic acids is 2. The van der Waals surface area contributed by atoms with Crippen LogP contribution in [0.3, 0.4) is 0 Å². The summed E-state index contributed by atoms with van der Waals surface area (Å²) >= 11 is -0.175. The second kappa shape index (κ2) is 5.25. The molecule has 5 heteroatoms. The predicted molar refractivity (Wildman–Crippen MR) is 72.3 cm³/mol. The number of likely N-dealkylation sites (tertiary alicyclic amines) is 1. The minimum Gasteiger partial charge on any atom is -0.444 e. The van der Waals surface area contributed by atoms with E-state index in [9.17, 15) is 9.59 Å². The maximum atomic E-state index is 11.8. The molecular weight excluding hydrogens is 321 g/mol. The fourth-order valence-electron chi connectivity index (χ4n) is 1.58. The molecule has 1 fully saturated rings. The molecule has 1 saturated heterocycles. The number of hydrogen-bond acceptors (Lipinski definition) is 3. The minimum absolute atomic E-state index is 0.175. The molecule has 0 saturated carbocycles. The topological polar surface area (TPSA) is 46.6 Å². The lowest BCUT2D eigenvalue weighted by molar-refractivity contribution is -0.111. The van der Waals surface area contributed by atoms with Gasteiger partial charge in [0.05, 0.1) is 6.04 Å². The molecule has 0 spiro atoms. The molecule has 0 bridgehead atoms. The minimum atomic E-state index is -0.512. The summed E-state index contributed by atoms with van der Waals surface area (Å²) in [6, 6.07) is -0.318. The molecule has 1 aliphatic rings. The monoisotopic (exact) mass is 339 g/mol. The number of carbonyl (C=O) groups is 2. The van der Waals surface area contributed by atoms with Gasteiger partial charge >= 0.3 is 6.09 Å². The van der Waals surface area contributed by atoms with Gasteiger partial charge in [-0.15, -0.1) is 20.7 Å². The highest BCUT2D eigenvalue weighted by Crippen LogP contribution is 2.26. The van der Waals surface area contributed by atoms with Crippen LogP contribution in [0.5, 0.6) is 0 Å². The van der Waals surface area contributed by atoms with E-state index < -0.39 is 5.60 Å². The lowest BCUT2D eigenvalue weighted by atomic mass is 10.2.